The highest BCUT2D eigenvalue weighted by molar-refractivity contribution is 6.11. The van der Waals surface area contributed by atoms with Crippen molar-refractivity contribution in [3.05, 3.63) is 265 Å². The van der Waals surface area contributed by atoms with Crippen LogP contribution in [0.4, 0.5) is 21.5 Å². The molecule has 0 saturated heterocycles. The van der Waals surface area contributed by atoms with Gasteiger partial charge in [-0.1, -0.05) is 158 Å². The molecule has 2 nitrogen and oxygen atoms in total. The van der Waals surface area contributed by atoms with Crippen molar-refractivity contribution in [2.75, 3.05) is 4.90 Å². The summed E-state index contributed by atoms with van der Waals surface area (Å²) in [6.45, 7) is 0. The molecule has 10 rings (SSSR count). The number of hydrogen-bond acceptors (Lipinski definition) is 1. The number of halogens is 1. The van der Waals surface area contributed by atoms with E-state index in [1.54, 1.807) is 0 Å². The monoisotopic (exact) mass is 758 g/mol. The quantitative estimate of drug-likeness (QED) is 0.133. The molecular weight excluding hydrogens is 720 g/mol. The molecule has 0 aliphatic carbocycles. The molecule has 0 aliphatic heterocycles. The van der Waals surface area contributed by atoms with Crippen molar-refractivity contribution in [3.63, 3.8) is 0 Å². The smallest absolute Gasteiger partial charge is 0.123 e. The third-order valence-corrected chi connectivity index (χ3v) is 11.0. The Kier molecular flexibility index (Phi) is 9.46. The fourth-order valence-corrected chi connectivity index (χ4v) is 8.40. The van der Waals surface area contributed by atoms with Crippen LogP contribution in [-0.2, 0) is 0 Å². The maximum absolute atomic E-state index is 14.0. The van der Waals surface area contributed by atoms with Crippen molar-refractivity contribution in [3.8, 4) is 16.8 Å². The number of anilines is 3. The van der Waals surface area contributed by atoms with Crippen LogP contribution >= 0.6 is 0 Å². The largest absolute Gasteiger partial charge is 0.310 e. The highest BCUT2D eigenvalue weighted by atomic mass is 19.1. The first kappa shape index (κ1) is 35.6. The van der Waals surface area contributed by atoms with Crippen molar-refractivity contribution in [1.82, 2.24) is 4.57 Å². The Balaban J connectivity index is 1.12. The van der Waals surface area contributed by atoms with Crippen LogP contribution < -0.4 is 4.90 Å². The van der Waals surface area contributed by atoms with Gasteiger partial charge in [-0.15, -0.1) is 0 Å². The first-order valence-corrected chi connectivity index (χ1v) is 20.0. The minimum absolute atomic E-state index is 0.249. The molecule has 280 valence electrons. The summed E-state index contributed by atoms with van der Waals surface area (Å²) in [5.41, 5.74) is 15.5. The Morgan fingerprint density at radius 1 is 0.339 bits per heavy atom. The van der Waals surface area contributed by atoms with E-state index in [0.717, 1.165) is 66.8 Å². The van der Waals surface area contributed by atoms with Crippen molar-refractivity contribution in [2.24, 2.45) is 0 Å². The Bertz CT molecular complexity index is 3040. The Morgan fingerprint density at radius 2 is 0.814 bits per heavy atom. The summed E-state index contributed by atoms with van der Waals surface area (Å²) in [6, 6.07) is 82.3. The van der Waals surface area contributed by atoms with Crippen molar-refractivity contribution >= 4 is 50.0 Å². The lowest BCUT2D eigenvalue weighted by Crippen LogP contribution is -2.10. The molecule has 0 fully saturated rings. The molecule has 1 aromatic heterocycles. The zero-order valence-electron chi connectivity index (χ0n) is 32.3. The van der Waals surface area contributed by atoms with Gasteiger partial charge in [-0.2, -0.15) is 0 Å². The van der Waals surface area contributed by atoms with Gasteiger partial charge in [0, 0.05) is 33.5 Å². The Labute approximate surface area is 344 Å². The lowest BCUT2D eigenvalue weighted by atomic mass is 9.85. The van der Waals surface area contributed by atoms with Crippen LogP contribution in [0, 0.1) is 5.82 Å². The summed E-state index contributed by atoms with van der Waals surface area (Å²) in [6.07, 6.45) is 0. The lowest BCUT2D eigenvalue weighted by molar-refractivity contribution is 0.627. The van der Waals surface area contributed by atoms with Crippen LogP contribution in [0.25, 0.3) is 49.8 Å². The average molecular weight is 759 g/mol. The van der Waals surface area contributed by atoms with E-state index >= 15 is 0 Å². The molecule has 0 amide bonds. The average Bonchev–Trinajstić information content (AvgIpc) is 3.63. The molecule has 1 heterocycles. The van der Waals surface area contributed by atoms with Gasteiger partial charge in [0.05, 0.1) is 11.0 Å². The van der Waals surface area contributed by atoms with E-state index in [9.17, 15) is 4.39 Å². The molecule has 59 heavy (non-hydrogen) atoms. The summed E-state index contributed by atoms with van der Waals surface area (Å²) in [7, 11) is 0. The number of fused-ring (bicyclic) bond motifs is 3. The molecule has 10 aromatic rings. The maximum Gasteiger partial charge on any atom is 0.123 e. The number of aromatic nitrogens is 1. The van der Waals surface area contributed by atoms with Crippen molar-refractivity contribution < 1.29 is 4.39 Å². The molecule has 0 bridgehead atoms. The molecule has 0 saturated carbocycles. The first-order valence-electron chi connectivity index (χ1n) is 20.0. The Morgan fingerprint density at radius 3 is 1.46 bits per heavy atom. The van der Waals surface area contributed by atoms with E-state index in [1.807, 2.05) is 12.1 Å². The van der Waals surface area contributed by atoms with Gasteiger partial charge in [0.15, 0.2) is 0 Å². The number of para-hydroxylation sites is 2. The summed E-state index contributed by atoms with van der Waals surface area (Å²) in [5.74, 6) is -0.249. The number of benzene rings is 9. The van der Waals surface area contributed by atoms with Gasteiger partial charge in [0.1, 0.15) is 5.82 Å². The van der Waals surface area contributed by atoms with E-state index < -0.39 is 0 Å². The SMILES string of the molecule is Fc1ccc(-n2c3ccccc3c3cc(N(c4ccccc4)c4cccc(-c5cccc(C(=C(c6ccccc6)c6ccccc6)c6ccccc6)c5)c4)ccc32)cc1. The van der Waals surface area contributed by atoms with Crippen molar-refractivity contribution in [2.45, 2.75) is 0 Å². The predicted octanol–water partition coefficient (Wildman–Crippen LogP) is 15.1. The normalized spacial score (nSPS) is 11.1. The lowest BCUT2D eigenvalue weighted by Gasteiger charge is -2.26. The molecule has 3 heteroatoms. The van der Waals surface area contributed by atoms with Gasteiger partial charge in [-0.05, 0) is 123 Å². The predicted molar refractivity (Wildman–Crippen MR) is 245 cm³/mol. The molecular formula is C56H39FN2. The zero-order chi connectivity index (χ0) is 39.5. The Hall–Kier alpha value is -7.75. The van der Waals surface area contributed by atoms with Crippen LogP contribution in [-0.4, -0.2) is 4.57 Å². The second-order valence-corrected chi connectivity index (χ2v) is 14.7. The fraction of sp³-hybridized carbons (Fsp3) is 0. The highest BCUT2D eigenvalue weighted by Crippen LogP contribution is 2.42. The van der Waals surface area contributed by atoms with Gasteiger partial charge in [0.25, 0.3) is 0 Å². The van der Waals surface area contributed by atoms with Crippen LogP contribution in [0.3, 0.4) is 0 Å². The molecule has 9 aromatic carbocycles. The zero-order valence-corrected chi connectivity index (χ0v) is 32.3. The standard InChI is InChI=1S/C56H39FN2/c57-46-31-33-48(34-32-46)59-53-30-14-13-29-51(53)52-39-50(35-36-54(52)59)58(47-26-11-4-12-27-47)49-28-16-24-44(38-49)43-23-15-25-45(37-43)56(42-21-9-3-10-22-42)55(40-17-5-1-6-18-40)41-19-7-2-8-20-41/h1-39H. The summed E-state index contributed by atoms with van der Waals surface area (Å²) in [4.78, 5) is 2.33. The fourth-order valence-electron chi connectivity index (χ4n) is 8.40. The van der Waals surface area contributed by atoms with E-state index in [2.05, 4.69) is 222 Å². The van der Waals surface area contributed by atoms with Gasteiger partial charge < -0.3 is 9.47 Å². The minimum atomic E-state index is -0.249. The molecule has 0 radical (unpaired) electrons. The third kappa shape index (κ3) is 6.90. The van der Waals surface area contributed by atoms with Crippen LogP contribution in [0.2, 0.25) is 0 Å². The van der Waals surface area contributed by atoms with Gasteiger partial charge in [-0.3, -0.25) is 0 Å². The van der Waals surface area contributed by atoms with Crippen LogP contribution in [0.15, 0.2) is 237 Å². The number of nitrogens with zero attached hydrogens (tertiary/aromatic N) is 2. The number of hydrogen-bond donors (Lipinski definition) is 0. The van der Waals surface area contributed by atoms with E-state index in [-0.39, 0.29) is 5.82 Å². The highest BCUT2D eigenvalue weighted by Gasteiger charge is 2.20. The number of rotatable bonds is 9. The molecule has 0 atom stereocenters. The maximum atomic E-state index is 14.0. The van der Waals surface area contributed by atoms with Gasteiger partial charge >= 0.3 is 0 Å². The molecule has 0 N–H and O–H groups in total. The molecule has 0 unspecified atom stereocenters. The van der Waals surface area contributed by atoms with Gasteiger partial charge in [-0.25, -0.2) is 4.39 Å². The van der Waals surface area contributed by atoms with Crippen molar-refractivity contribution in [1.29, 1.82) is 0 Å². The topological polar surface area (TPSA) is 8.17 Å². The second-order valence-electron chi connectivity index (χ2n) is 14.7. The summed E-state index contributed by atoms with van der Waals surface area (Å²) < 4.78 is 16.2. The minimum Gasteiger partial charge on any atom is -0.310 e. The summed E-state index contributed by atoms with van der Waals surface area (Å²) in [5, 5.41) is 2.26. The van der Waals surface area contributed by atoms with Gasteiger partial charge in [0.2, 0.25) is 0 Å². The molecule has 0 aliphatic rings. The molecule has 0 spiro atoms. The first-order chi connectivity index (χ1) is 29.2. The van der Waals surface area contributed by atoms with E-state index in [4.69, 9.17) is 0 Å². The van der Waals surface area contributed by atoms with Crippen LogP contribution in [0.5, 0.6) is 0 Å². The van der Waals surface area contributed by atoms with E-state index in [1.165, 1.54) is 34.4 Å². The second kappa shape index (κ2) is 15.7. The van der Waals surface area contributed by atoms with Crippen LogP contribution in [0.1, 0.15) is 22.3 Å². The third-order valence-electron chi connectivity index (χ3n) is 11.0. The summed E-state index contributed by atoms with van der Waals surface area (Å²) >= 11 is 0. The van der Waals surface area contributed by atoms with E-state index in [0.29, 0.717) is 0 Å².